The molecular weight excluding hydrogens is 410 g/mol. The minimum atomic E-state index is -3.21. The molecule has 2 aromatic carbocycles. The number of hydrogen-bond donors (Lipinski definition) is 2. The first-order valence-corrected chi connectivity index (χ1v) is 12.1. The Labute approximate surface area is 184 Å². The van der Waals surface area contributed by atoms with Gasteiger partial charge < -0.3 is 10.6 Å². The number of rotatable bonds is 8. The van der Waals surface area contributed by atoms with Gasteiger partial charge in [-0.15, -0.1) is 0 Å². The van der Waals surface area contributed by atoms with E-state index in [2.05, 4.69) is 32.9 Å². The van der Waals surface area contributed by atoms with E-state index >= 15 is 0 Å². The summed E-state index contributed by atoms with van der Waals surface area (Å²) < 4.78 is 25.5. The summed E-state index contributed by atoms with van der Waals surface area (Å²) in [6.07, 6.45) is 5.07. The Morgan fingerprint density at radius 2 is 1.84 bits per heavy atom. The van der Waals surface area contributed by atoms with Gasteiger partial charge in [-0.25, -0.2) is 13.4 Å². The molecule has 3 rings (SSSR count). The quantitative estimate of drug-likeness (QED) is 0.416. The van der Waals surface area contributed by atoms with E-state index in [0.29, 0.717) is 23.9 Å². The van der Waals surface area contributed by atoms with Crippen LogP contribution in [0.5, 0.6) is 0 Å². The molecule has 0 amide bonds. The summed E-state index contributed by atoms with van der Waals surface area (Å²) in [5.74, 6) is 0.697. The van der Waals surface area contributed by atoms with Gasteiger partial charge in [0.2, 0.25) is 0 Å². The molecular formula is C23H29N5O2S. The van der Waals surface area contributed by atoms with Crippen molar-refractivity contribution in [1.82, 2.24) is 20.4 Å². The summed E-state index contributed by atoms with van der Waals surface area (Å²) in [6.45, 7) is 6.35. The summed E-state index contributed by atoms with van der Waals surface area (Å²) in [4.78, 5) is 5.01. The maximum absolute atomic E-state index is 11.8. The van der Waals surface area contributed by atoms with Crippen molar-refractivity contribution in [3.8, 4) is 0 Å². The van der Waals surface area contributed by atoms with Crippen LogP contribution in [0, 0.1) is 6.92 Å². The van der Waals surface area contributed by atoms with Gasteiger partial charge in [0.05, 0.1) is 24.2 Å². The Kier molecular flexibility index (Phi) is 7.46. The van der Waals surface area contributed by atoms with Gasteiger partial charge in [0.25, 0.3) is 0 Å². The standard InChI is InChI=1S/C23H29N5O2S/c1-4-24-23(25-13-20-10-11-22(18(2)12-20)31(3,29)30)26-14-21-15-27-28(17-21)16-19-8-6-5-7-9-19/h5-12,15,17H,4,13-14,16H2,1-3H3,(H2,24,25,26). The first-order valence-electron chi connectivity index (χ1n) is 10.2. The van der Waals surface area contributed by atoms with E-state index in [4.69, 9.17) is 0 Å². The Morgan fingerprint density at radius 1 is 1.06 bits per heavy atom. The molecule has 0 radical (unpaired) electrons. The third-order valence-corrected chi connectivity index (χ3v) is 5.99. The number of aryl methyl sites for hydroxylation is 1. The molecule has 0 fully saturated rings. The van der Waals surface area contributed by atoms with Gasteiger partial charge in [0, 0.05) is 31.1 Å². The number of nitrogens with one attached hydrogen (secondary N) is 2. The van der Waals surface area contributed by atoms with Crippen LogP contribution in [-0.2, 0) is 29.5 Å². The van der Waals surface area contributed by atoms with Crippen LogP contribution in [0.2, 0.25) is 0 Å². The molecule has 0 spiro atoms. The van der Waals surface area contributed by atoms with Crippen LogP contribution >= 0.6 is 0 Å². The molecule has 1 heterocycles. The fraction of sp³-hybridized carbons (Fsp3) is 0.304. The van der Waals surface area contributed by atoms with Crippen molar-refractivity contribution >= 4 is 15.8 Å². The van der Waals surface area contributed by atoms with Crippen molar-refractivity contribution in [1.29, 1.82) is 0 Å². The molecule has 8 heteroatoms. The average Bonchev–Trinajstić information content (AvgIpc) is 3.17. The minimum Gasteiger partial charge on any atom is -0.357 e. The van der Waals surface area contributed by atoms with E-state index in [9.17, 15) is 8.42 Å². The van der Waals surface area contributed by atoms with Gasteiger partial charge in [-0.2, -0.15) is 5.10 Å². The Morgan fingerprint density at radius 3 is 2.52 bits per heavy atom. The zero-order valence-electron chi connectivity index (χ0n) is 18.2. The van der Waals surface area contributed by atoms with E-state index in [1.165, 1.54) is 11.8 Å². The average molecular weight is 440 g/mol. The van der Waals surface area contributed by atoms with Crippen LogP contribution in [0.1, 0.15) is 29.2 Å². The molecule has 2 N–H and O–H groups in total. The molecule has 0 aliphatic carbocycles. The molecule has 164 valence electrons. The van der Waals surface area contributed by atoms with Crippen LogP contribution in [0.4, 0.5) is 0 Å². The van der Waals surface area contributed by atoms with Gasteiger partial charge >= 0.3 is 0 Å². The van der Waals surface area contributed by atoms with Crippen LogP contribution in [0.25, 0.3) is 0 Å². The number of aromatic nitrogens is 2. The van der Waals surface area contributed by atoms with Gasteiger partial charge in [-0.05, 0) is 36.6 Å². The fourth-order valence-corrected chi connectivity index (χ4v) is 4.24. The largest absolute Gasteiger partial charge is 0.357 e. The zero-order chi connectivity index (χ0) is 22.3. The van der Waals surface area contributed by atoms with Gasteiger partial charge in [0.15, 0.2) is 15.8 Å². The van der Waals surface area contributed by atoms with Crippen molar-refractivity contribution in [3.05, 3.63) is 83.2 Å². The summed E-state index contributed by atoms with van der Waals surface area (Å²) in [7, 11) is -3.21. The second-order valence-electron chi connectivity index (χ2n) is 7.45. The maximum atomic E-state index is 11.8. The summed E-state index contributed by atoms with van der Waals surface area (Å²) >= 11 is 0. The second-order valence-corrected chi connectivity index (χ2v) is 9.44. The van der Waals surface area contributed by atoms with Crippen molar-refractivity contribution in [3.63, 3.8) is 0 Å². The van der Waals surface area contributed by atoms with E-state index in [0.717, 1.165) is 29.8 Å². The van der Waals surface area contributed by atoms with E-state index in [-0.39, 0.29) is 0 Å². The lowest BCUT2D eigenvalue weighted by atomic mass is 10.1. The van der Waals surface area contributed by atoms with Crippen LogP contribution in [0.15, 0.2) is 70.8 Å². The Hall–Kier alpha value is -3.13. The number of aliphatic imine (C=N–C) groups is 1. The lowest BCUT2D eigenvalue weighted by Gasteiger charge is -2.12. The summed E-state index contributed by atoms with van der Waals surface area (Å²) in [5, 5.41) is 11.0. The predicted octanol–water partition coefficient (Wildman–Crippen LogP) is 2.90. The number of sulfone groups is 1. The molecule has 7 nitrogen and oxygen atoms in total. The molecule has 3 aromatic rings. The molecule has 0 aliphatic heterocycles. The van der Waals surface area contributed by atoms with E-state index < -0.39 is 9.84 Å². The highest BCUT2D eigenvalue weighted by atomic mass is 32.2. The van der Waals surface area contributed by atoms with Crippen LogP contribution in [0.3, 0.4) is 0 Å². The van der Waals surface area contributed by atoms with E-state index in [1.54, 1.807) is 6.07 Å². The van der Waals surface area contributed by atoms with Gasteiger partial charge in [-0.1, -0.05) is 42.5 Å². The Bertz CT molecular complexity index is 1140. The molecule has 1 aromatic heterocycles. The molecule has 0 saturated carbocycles. The monoisotopic (exact) mass is 439 g/mol. The predicted molar refractivity (Wildman–Crippen MR) is 124 cm³/mol. The van der Waals surface area contributed by atoms with Crippen LogP contribution in [-0.4, -0.2) is 37.0 Å². The van der Waals surface area contributed by atoms with Crippen molar-refractivity contribution < 1.29 is 8.42 Å². The Balaban J connectivity index is 1.61. The number of guanidine groups is 1. The maximum Gasteiger partial charge on any atom is 0.191 e. The molecule has 0 atom stereocenters. The third-order valence-electron chi connectivity index (χ3n) is 4.74. The first-order chi connectivity index (χ1) is 14.8. The molecule has 0 unspecified atom stereocenters. The number of hydrogen-bond acceptors (Lipinski definition) is 4. The number of benzene rings is 2. The van der Waals surface area contributed by atoms with Gasteiger partial charge in [0.1, 0.15) is 0 Å². The van der Waals surface area contributed by atoms with Crippen molar-refractivity contribution in [2.45, 2.75) is 38.4 Å². The summed E-state index contributed by atoms with van der Waals surface area (Å²) in [5.41, 5.74) is 3.97. The highest BCUT2D eigenvalue weighted by Gasteiger charge is 2.11. The smallest absolute Gasteiger partial charge is 0.191 e. The lowest BCUT2D eigenvalue weighted by Crippen LogP contribution is -2.36. The minimum absolute atomic E-state index is 0.365. The zero-order valence-corrected chi connectivity index (χ0v) is 19.0. The van der Waals surface area contributed by atoms with Crippen molar-refractivity contribution in [2.24, 2.45) is 4.99 Å². The fourth-order valence-electron chi connectivity index (χ4n) is 3.28. The topological polar surface area (TPSA) is 88.4 Å². The van der Waals surface area contributed by atoms with E-state index in [1.807, 2.05) is 61.3 Å². The molecule has 0 aliphatic rings. The third kappa shape index (κ3) is 6.68. The highest BCUT2D eigenvalue weighted by molar-refractivity contribution is 7.90. The molecule has 0 saturated heterocycles. The summed E-state index contributed by atoms with van der Waals surface area (Å²) in [6, 6.07) is 15.6. The SMILES string of the molecule is CCNC(=NCc1cnn(Cc2ccccc2)c1)NCc1ccc(S(C)(=O)=O)c(C)c1. The molecule has 31 heavy (non-hydrogen) atoms. The second kappa shape index (κ2) is 10.3. The van der Waals surface area contributed by atoms with Crippen LogP contribution < -0.4 is 10.6 Å². The number of nitrogens with zero attached hydrogens (tertiary/aromatic N) is 3. The highest BCUT2D eigenvalue weighted by Crippen LogP contribution is 2.16. The van der Waals surface area contributed by atoms with Gasteiger partial charge in [-0.3, -0.25) is 4.68 Å². The lowest BCUT2D eigenvalue weighted by molar-refractivity contribution is 0.601. The first kappa shape index (κ1) is 22.6. The molecule has 0 bridgehead atoms. The van der Waals surface area contributed by atoms with Crippen molar-refractivity contribution in [2.75, 3.05) is 12.8 Å². The normalized spacial score (nSPS) is 12.0.